The second-order valence-corrected chi connectivity index (χ2v) is 7.16. The van der Waals surface area contributed by atoms with Crippen LogP contribution in [0.1, 0.15) is 29.3 Å². The van der Waals surface area contributed by atoms with Gasteiger partial charge in [0.05, 0.1) is 0 Å². The van der Waals surface area contributed by atoms with Crippen LogP contribution < -0.4 is 5.32 Å². The van der Waals surface area contributed by atoms with E-state index in [-0.39, 0.29) is 11.2 Å². The Bertz CT molecular complexity index is 593. The Morgan fingerprint density at radius 3 is 2.75 bits per heavy atom. The van der Waals surface area contributed by atoms with E-state index in [4.69, 9.17) is 0 Å². The van der Waals surface area contributed by atoms with Crippen molar-refractivity contribution in [3.63, 3.8) is 0 Å². The maximum Gasteiger partial charge on any atom is 0.238 e. The first-order valence-electron chi connectivity index (χ1n) is 6.66. The number of nitrogens with zero attached hydrogens (tertiary/aromatic N) is 1. The van der Waals surface area contributed by atoms with E-state index < -0.39 is 0 Å². The summed E-state index contributed by atoms with van der Waals surface area (Å²) in [4.78, 5) is 16.9. The summed E-state index contributed by atoms with van der Waals surface area (Å²) in [6, 6.07) is 10.3. The van der Waals surface area contributed by atoms with Crippen molar-refractivity contribution in [1.29, 1.82) is 0 Å². The molecule has 1 aliphatic carbocycles. The third-order valence-electron chi connectivity index (χ3n) is 3.08. The molecule has 0 saturated heterocycles. The van der Waals surface area contributed by atoms with Crippen molar-refractivity contribution in [3.8, 4) is 0 Å². The van der Waals surface area contributed by atoms with Crippen LogP contribution in [0.4, 0.5) is 0 Å². The van der Waals surface area contributed by atoms with Gasteiger partial charge in [0.2, 0.25) is 5.91 Å². The highest BCUT2D eigenvalue weighted by atomic mass is 32.2. The molecule has 1 amide bonds. The first-order valence-corrected chi connectivity index (χ1v) is 8.42. The molecule has 1 fully saturated rings. The molecule has 104 valence electrons. The van der Waals surface area contributed by atoms with E-state index >= 15 is 0 Å². The van der Waals surface area contributed by atoms with Crippen LogP contribution in [0.25, 0.3) is 0 Å². The van der Waals surface area contributed by atoms with Gasteiger partial charge in [-0.2, -0.15) is 0 Å². The first kappa shape index (κ1) is 13.6. The molecule has 20 heavy (non-hydrogen) atoms. The number of benzene rings is 1. The van der Waals surface area contributed by atoms with Crippen molar-refractivity contribution < 1.29 is 4.79 Å². The summed E-state index contributed by atoms with van der Waals surface area (Å²) in [7, 11) is 0. The number of thiazole rings is 1. The van der Waals surface area contributed by atoms with Gasteiger partial charge in [0.15, 0.2) is 4.34 Å². The Morgan fingerprint density at radius 2 is 2.15 bits per heavy atom. The van der Waals surface area contributed by atoms with Gasteiger partial charge in [0, 0.05) is 17.1 Å². The lowest BCUT2D eigenvalue weighted by Gasteiger charge is -2.15. The van der Waals surface area contributed by atoms with Crippen LogP contribution in [0.15, 0.2) is 40.1 Å². The lowest BCUT2D eigenvalue weighted by atomic mass is 10.1. The first-order chi connectivity index (χ1) is 9.72. The molecular weight excluding hydrogens is 288 g/mol. The molecule has 0 unspecified atom stereocenters. The third kappa shape index (κ3) is 3.41. The van der Waals surface area contributed by atoms with Crippen LogP contribution in [0.3, 0.4) is 0 Å². The van der Waals surface area contributed by atoms with Crippen molar-refractivity contribution in [1.82, 2.24) is 10.3 Å². The molecule has 1 atom stereocenters. The van der Waals surface area contributed by atoms with Crippen LogP contribution in [0, 0.1) is 6.92 Å². The van der Waals surface area contributed by atoms with E-state index in [2.05, 4.69) is 10.3 Å². The number of hydrogen-bond donors (Lipinski definition) is 1. The van der Waals surface area contributed by atoms with Crippen LogP contribution in [-0.4, -0.2) is 16.9 Å². The fourth-order valence-electron chi connectivity index (χ4n) is 1.89. The Hall–Kier alpha value is -1.33. The summed E-state index contributed by atoms with van der Waals surface area (Å²) >= 11 is 3.13. The molecular formula is C15H16N2OS2. The summed E-state index contributed by atoms with van der Waals surface area (Å²) in [5.41, 5.74) is 2.04. The zero-order valence-corrected chi connectivity index (χ0v) is 12.8. The summed E-state index contributed by atoms with van der Waals surface area (Å²) in [6.45, 7) is 1.97. The number of hydrogen-bond acceptors (Lipinski definition) is 4. The van der Waals surface area contributed by atoms with E-state index in [0.29, 0.717) is 6.04 Å². The Balaban J connectivity index is 1.80. The van der Waals surface area contributed by atoms with Crippen LogP contribution in [0.5, 0.6) is 0 Å². The third-order valence-corrected chi connectivity index (χ3v) is 5.42. The van der Waals surface area contributed by atoms with Gasteiger partial charge in [-0.15, -0.1) is 11.3 Å². The van der Waals surface area contributed by atoms with Crippen molar-refractivity contribution >= 4 is 29.0 Å². The van der Waals surface area contributed by atoms with Gasteiger partial charge < -0.3 is 5.32 Å². The molecule has 1 N–H and O–H groups in total. The maximum absolute atomic E-state index is 12.5. The topological polar surface area (TPSA) is 42.0 Å². The monoisotopic (exact) mass is 304 g/mol. The van der Waals surface area contributed by atoms with Gasteiger partial charge >= 0.3 is 0 Å². The summed E-state index contributed by atoms with van der Waals surface area (Å²) in [5, 5.41) is 4.89. The number of aryl methyl sites for hydroxylation is 1. The standard InChI is InChI=1S/C15H16N2OS2/c1-10-9-19-15(16-10)20-13(11-5-3-2-4-6-11)14(18)17-12-7-8-12/h2-6,9,12-13H,7-8H2,1H3,(H,17,18)/t13-/m0/s1. The highest BCUT2D eigenvalue weighted by Gasteiger charge is 2.29. The average molecular weight is 304 g/mol. The summed E-state index contributed by atoms with van der Waals surface area (Å²) in [6.07, 6.45) is 2.21. The van der Waals surface area contributed by atoms with Gasteiger partial charge in [-0.05, 0) is 25.3 Å². The SMILES string of the molecule is Cc1csc(S[C@H](C(=O)NC2CC2)c2ccccc2)n1. The van der Waals surface area contributed by atoms with Crippen LogP contribution >= 0.6 is 23.1 Å². The smallest absolute Gasteiger partial charge is 0.238 e. The molecule has 0 bridgehead atoms. The molecule has 2 aromatic rings. The number of nitrogens with one attached hydrogen (secondary N) is 1. The normalized spacial score (nSPS) is 15.8. The predicted molar refractivity (Wildman–Crippen MR) is 83.1 cm³/mol. The number of rotatable bonds is 5. The fourth-order valence-corrected chi connectivity index (χ4v) is 3.94. The van der Waals surface area contributed by atoms with Gasteiger partial charge in [0.25, 0.3) is 0 Å². The number of carbonyl (C=O) groups is 1. The van der Waals surface area contributed by atoms with Gasteiger partial charge in [-0.3, -0.25) is 4.79 Å². The zero-order chi connectivity index (χ0) is 13.9. The van der Waals surface area contributed by atoms with Gasteiger partial charge in [-0.25, -0.2) is 4.98 Å². The molecule has 3 rings (SSSR count). The van der Waals surface area contributed by atoms with Crippen molar-refractivity contribution in [2.24, 2.45) is 0 Å². The second kappa shape index (κ2) is 5.97. The van der Waals surface area contributed by atoms with Crippen LogP contribution in [-0.2, 0) is 4.79 Å². The zero-order valence-electron chi connectivity index (χ0n) is 11.2. The molecule has 5 heteroatoms. The van der Waals surface area contributed by atoms with E-state index in [1.54, 1.807) is 11.3 Å². The highest BCUT2D eigenvalue weighted by molar-refractivity contribution is 8.01. The summed E-state index contributed by atoms with van der Waals surface area (Å²) in [5.74, 6) is 0.0940. The lowest BCUT2D eigenvalue weighted by molar-refractivity contribution is -0.120. The van der Waals surface area contributed by atoms with Gasteiger partial charge in [-0.1, -0.05) is 42.1 Å². The molecule has 0 radical (unpaired) electrons. The maximum atomic E-state index is 12.5. The number of thioether (sulfide) groups is 1. The Labute approximate surface area is 126 Å². The molecule has 1 aromatic heterocycles. The van der Waals surface area contributed by atoms with E-state index in [1.807, 2.05) is 42.6 Å². The Kier molecular flexibility index (Phi) is 4.08. The minimum Gasteiger partial charge on any atom is -0.352 e. The van der Waals surface area contributed by atoms with E-state index in [9.17, 15) is 4.79 Å². The molecule has 0 aliphatic heterocycles. The second-order valence-electron chi connectivity index (χ2n) is 4.95. The number of carbonyl (C=O) groups excluding carboxylic acids is 1. The van der Waals surface area contributed by atoms with Crippen molar-refractivity contribution in [2.75, 3.05) is 0 Å². The quantitative estimate of drug-likeness (QED) is 0.859. The minimum absolute atomic E-state index is 0.0940. The van der Waals surface area contributed by atoms with Crippen molar-refractivity contribution in [2.45, 2.75) is 35.4 Å². The van der Waals surface area contributed by atoms with E-state index in [1.165, 1.54) is 11.8 Å². The number of amides is 1. The molecule has 1 saturated carbocycles. The summed E-state index contributed by atoms with van der Waals surface area (Å²) < 4.78 is 0.947. The predicted octanol–water partition coefficient (Wildman–Crippen LogP) is 3.56. The molecule has 1 heterocycles. The van der Waals surface area contributed by atoms with Gasteiger partial charge in [0.1, 0.15) is 5.25 Å². The van der Waals surface area contributed by atoms with E-state index in [0.717, 1.165) is 28.4 Å². The fraction of sp³-hybridized carbons (Fsp3) is 0.333. The largest absolute Gasteiger partial charge is 0.352 e. The van der Waals surface area contributed by atoms with Crippen LogP contribution in [0.2, 0.25) is 0 Å². The molecule has 1 aromatic carbocycles. The van der Waals surface area contributed by atoms with Crippen molar-refractivity contribution in [3.05, 3.63) is 47.0 Å². The average Bonchev–Trinajstić information content (AvgIpc) is 3.17. The minimum atomic E-state index is -0.220. The molecule has 1 aliphatic rings. The molecule has 3 nitrogen and oxygen atoms in total. The lowest BCUT2D eigenvalue weighted by Crippen LogP contribution is -2.29. The Morgan fingerprint density at radius 1 is 1.40 bits per heavy atom. The highest BCUT2D eigenvalue weighted by Crippen LogP contribution is 2.37. The number of aromatic nitrogens is 1. The molecule has 0 spiro atoms.